The molecular formula is C17H22N2S. The molecule has 1 atom stereocenters. The van der Waals surface area contributed by atoms with Gasteiger partial charge in [-0.1, -0.05) is 37.3 Å². The summed E-state index contributed by atoms with van der Waals surface area (Å²) in [7, 11) is 0. The van der Waals surface area contributed by atoms with Gasteiger partial charge >= 0.3 is 0 Å². The first kappa shape index (κ1) is 13.8. The molecule has 3 heteroatoms. The highest BCUT2D eigenvalue weighted by atomic mass is 32.1. The summed E-state index contributed by atoms with van der Waals surface area (Å²) in [5.41, 5.74) is 2.74. The molecule has 0 saturated carbocycles. The minimum atomic E-state index is 0.699. The molecule has 1 unspecified atom stereocenters. The van der Waals surface area contributed by atoms with Crippen molar-refractivity contribution < 1.29 is 0 Å². The van der Waals surface area contributed by atoms with Gasteiger partial charge in [0.15, 0.2) is 0 Å². The van der Waals surface area contributed by atoms with Gasteiger partial charge in [-0.15, -0.1) is 11.3 Å². The van der Waals surface area contributed by atoms with Crippen molar-refractivity contribution in [1.29, 1.82) is 0 Å². The second kappa shape index (κ2) is 6.51. The monoisotopic (exact) mass is 286 g/mol. The molecule has 0 amide bonds. The maximum Gasteiger partial charge on any atom is 0.0928 e. The maximum absolute atomic E-state index is 4.74. The van der Waals surface area contributed by atoms with Crippen LogP contribution < -0.4 is 0 Å². The molecule has 1 saturated heterocycles. The Labute approximate surface area is 125 Å². The third kappa shape index (κ3) is 3.28. The summed E-state index contributed by atoms with van der Waals surface area (Å²) in [4.78, 5) is 7.28. The topological polar surface area (TPSA) is 16.1 Å². The summed E-state index contributed by atoms with van der Waals surface area (Å²) in [6.45, 7) is 5.60. The highest BCUT2D eigenvalue weighted by Crippen LogP contribution is 2.28. The van der Waals surface area contributed by atoms with E-state index in [1.54, 1.807) is 0 Å². The van der Waals surface area contributed by atoms with Gasteiger partial charge in [0.25, 0.3) is 0 Å². The average molecular weight is 286 g/mol. The lowest BCUT2D eigenvalue weighted by atomic mass is 9.99. The van der Waals surface area contributed by atoms with Gasteiger partial charge < -0.3 is 0 Å². The molecule has 2 heterocycles. The minimum Gasteiger partial charge on any atom is -0.297 e. The molecule has 20 heavy (non-hydrogen) atoms. The number of aryl methyl sites for hydroxylation is 1. The van der Waals surface area contributed by atoms with E-state index in [1.165, 1.54) is 42.2 Å². The molecule has 0 N–H and O–H groups in total. The second-order valence-electron chi connectivity index (χ2n) is 5.61. The van der Waals surface area contributed by atoms with E-state index < -0.39 is 0 Å². The Bertz CT molecular complexity index is 535. The van der Waals surface area contributed by atoms with E-state index >= 15 is 0 Å². The minimum absolute atomic E-state index is 0.699. The van der Waals surface area contributed by atoms with E-state index in [2.05, 4.69) is 47.5 Å². The number of rotatable bonds is 5. The Balaban J connectivity index is 1.57. The summed E-state index contributed by atoms with van der Waals surface area (Å²) in [6.07, 6.45) is 3.58. The SMILES string of the molecule is CCCc1nc(CN2CCC(c3ccccc3)C2)cs1. The molecule has 1 aliphatic heterocycles. The highest BCUT2D eigenvalue weighted by Gasteiger charge is 2.24. The molecule has 2 aromatic rings. The lowest BCUT2D eigenvalue weighted by molar-refractivity contribution is 0.323. The van der Waals surface area contributed by atoms with E-state index in [9.17, 15) is 0 Å². The molecule has 106 valence electrons. The zero-order valence-electron chi connectivity index (χ0n) is 12.1. The van der Waals surface area contributed by atoms with E-state index in [0.717, 1.165) is 13.0 Å². The van der Waals surface area contributed by atoms with Crippen molar-refractivity contribution >= 4 is 11.3 Å². The standard InChI is InChI=1S/C17H22N2S/c1-2-6-17-18-16(13-20-17)12-19-10-9-15(11-19)14-7-4-3-5-8-14/h3-5,7-8,13,15H,2,6,9-12H2,1H3. The Hall–Kier alpha value is -1.19. The van der Waals surface area contributed by atoms with Crippen LogP contribution in [0.25, 0.3) is 0 Å². The van der Waals surface area contributed by atoms with Crippen molar-refractivity contribution in [3.63, 3.8) is 0 Å². The van der Waals surface area contributed by atoms with E-state index in [0.29, 0.717) is 5.92 Å². The number of benzene rings is 1. The molecule has 0 spiro atoms. The Morgan fingerprint density at radius 1 is 1.30 bits per heavy atom. The van der Waals surface area contributed by atoms with Crippen LogP contribution in [0.5, 0.6) is 0 Å². The van der Waals surface area contributed by atoms with E-state index in [1.807, 2.05) is 11.3 Å². The average Bonchev–Trinajstić information content (AvgIpc) is 3.11. The van der Waals surface area contributed by atoms with Crippen LogP contribution in [0.2, 0.25) is 0 Å². The molecule has 1 aromatic heterocycles. The molecule has 1 fully saturated rings. The first-order chi connectivity index (χ1) is 9.85. The van der Waals surface area contributed by atoms with Crippen molar-refractivity contribution in [1.82, 2.24) is 9.88 Å². The molecule has 0 bridgehead atoms. The van der Waals surface area contributed by atoms with Crippen molar-refractivity contribution in [3.8, 4) is 0 Å². The van der Waals surface area contributed by atoms with Gasteiger partial charge in [0.1, 0.15) is 0 Å². The summed E-state index contributed by atoms with van der Waals surface area (Å²) in [5.74, 6) is 0.699. The molecule has 0 aliphatic carbocycles. The van der Waals surface area contributed by atoms with Crippen molar-refractivity contribution in [2.24, 2.45) is 0 Å². The molecule has 3 rings (SSSR count). The smallest absolute Gasteiger partial charge is 0.0928 e. The van der Waals surface area contributed by atoms with Crippen LogP contribution in [-0.2, 0) is 13.0 Å². The molecule has 1 aromatic carbocycles. The van der Waals surface area contributed by atoms with Crippen LogP contribution in [-0.4, -0.2) is 23.0 Å². The summed E-state index contributed by atoms with van der Waals surface area (Å²) in [6, 6.07) is 10.9. The third-order valence-electron chi connectivity index (χ3n) is 3.99. The maximum atomic E-state index is 4.74. The fourth-order valence-corrected chi connectivity index (χ4v) is 3.84. The zero-order chi connectivity index (χ0) is 13.8. The van der Waals surface area contributed by atoms with E-state index in [-0.39, 0.29) is 0 Å². The molecular weight excluding hydrogens is 264 g/mol. The zero-order valence-corrected chi connectivity index (χ0v) is 12.9. The van der Waals surface area contributed by atoms with Gasteiger partial charge in [-0.25, -0.2) is 4.98 Å². The predicted molar refractivity (Wildman–Crippen MR) is 85.2 cm³/mol. The Kier molecular flexibility index (Phi) is 4.48. The number of nitrogens with zero attached hydrogens (tertiary/aromatic N) is 2. The number of hydrogen-bond donors (Lipinski definition) is 0. The molecule has 2 nitrogen and oxygen atoms in total. The van der Waals surface area contributed by atoms with Gasteiger partial charge in [-0.3, -0.25) is 4.90 Å². The molecule has 0 radical (unpaired) electrons. The molecule has 1 aliphatic rings. The fourth-order valence-electron chi connectivity index (χ4n) is 2.95. The largest absolute Gasteiger partial charge is 0.297 e. The van der Waals surface area contributed by atoms with Crippen LogP contribution >= 0.6 is 11.3 Å². The summed E-state index contributed by atoms with van der Waals surface area (Å²) < 4.78 is 0. The van der Waals surface area contributed by atoms with Crippen molar-refractivity contribution in [2.75, 3.05) is 13.1 Å². The van der Waals surface area contributed by atoms with Gasteiger partial charge in [-0.05, 0) is 37.3 Å². The quantitative estimate of drug-likeness (QED) is 0.823. The van der Waals surface area contributed by atoms with Crippen LogP contribution in [0.4, 0.5) is 0 Å². The lowest BCUT2D eigenvalue weighted by Crippen LogP contribution is -2.20. The number of thiazole rings is 1. The summed E-state index contributed by atoms with van der Waals surface area (Å²) >= 11 is 1.82. The van der Waals surface area contributed by atoms with Crippen LogP contribution in [0, 0.1) is 0 Å². The third-order valence-corrected chi connectivity index (χ3v) is 4.95. The summed E-state index contributed by atoms with van der Waals surface area (Å²) in [5, 5.41) is 3.53. The normalized spacial score (nSPS) is 19.6. The lowest BCUT2D eigenvalue weighted by Gasteiger charge is -2.14. The number of aromatic nitrogens is 1. The van der Waals surface area contributed by atoms with Crippen LogP contribution in [0.1, 0.15) is 41.9 Å². The van der Waals surface area contributed by atoms with Crippen molar-refractivity contribution in [3.05, 3.63) is 52.0 Å². The van der Waals surface area contributed by atoms with Gasteiger partial charge in [0.05, 0.1) is 10.7 Å². The second-order valence-corrected chi connectivity index (χ2v) is 6.56. The predicted octanol–water partition coefficient (Wildman–Crippen LogP) is 4.09. The Morgan fingerprint density at radius 3 is 2.95 bits per heavy atom. The van der Waals surface area contributed by atoms with E-state index in [4.69, 9.17) is 4.98 Å². The first-order valence-electron chi connectivity index (χ1n) is 7.55. The number of likely N-dealkylation sites (tertiary alicyclic amines) is 1. The Morgan fingerprint density at radius 2 is 2.15 bits per heavy atom. The fraction of sp³-hybridized carbons (Fsp3) is 0.471. The van der Waals surface area contributed by atoms with Crippen LogP contribution in [0.15, 0.2) is 35.7 Å². The highest BCUT2D eigenvalue weighted by molar-refractivity contribution is 7.09. The van der Waals surface area contributed by atoms with Gasteiger partial charge in [0.2, 0.25) is 0 Å². The van der Waals surface area contributed by atoms with Crippen molar-refractivity contribution in [2.45, 2.75) is 38.6 Å². The van der Waals surface area contributed by atoms with Gasteiger partial charge in [0, 0.05) is 18.5 Å². The van der Waals surface area contributed by atoms with Gasteiger partial charge in [-0.2, -0.15) is 0 Å². The first-order valence-corrected chi connectivity index (χ1v) is 8.43. The number of hydrogen-bond acceptors (Lipinski definition) is 3. The van der Waals surface area contributed by atoms with Crippen LogP contribution in [0.3, 0.4) is 0 Å².